The Labute approximate surface area is 208 Å². The van der Waals surface area contributed by atoms with Crippen LogP contribution in [0.2, 0.25) is 5.02 Å². The number of rotatable bonds is 5. The maximum atomic E-state index is 13.7. The van der Waals surface area contributed by atoms with Crippen molar-refractivity contribution in [3.05, 3.63) is 80.6 Å². The van der Waals surface area contributed by atoms with Gasteiger partial charge in [-0.2, -0.15) is 0 Å². The molecule has 0 spiro atoms. The van der Waals surface area contributed by atoms with E-state index >= 15 is 0 Å². The number of esters is 1. The summed E-state index contributed by atoms with van der Waals surface area (Å²) in [6.07, 6.45) is 0. The second kappa shape index (κ2) is 9.47. The summed E-state index contributed by atoms with van der Waals surface area (Å²) in [5.74, 6) is -3.24. The van der Waals surface area contributed by atoms with Crippen molar-refractivity contribution in [3.8, 4) is 5.75 Å². The maximum Gasteiger partial charge on any atom is 0.350 e. The number of aliphatic hydroxyl groups is 1. The number of halogens is 2. The molecule has 11 heteroatoms. The first kappa shape index (κ1) is 24.4. The Morgan fingerprint density at radius 2 is 1.86 bits per heavy atom. The standard InChI is InChI=1S/C24H18ClFN2O6S/c1-11-21(23(32)34-3)35-24(27-11)28-18(12-4-7-14(26)8-5-12)17(20(30)22(28)31)19(29)13-6-9-16(33-2)15(25)10-13/h4-10,18,29H,1-3H3/b19-17+. The number of amides is 1. The van der Waals surface area contributed by atoms with E-state index in [1.807, 2.05) is 0 Å². The molecule has 1 saturated heterocycles. The summed E-state index contributed by atoms with van der Waals surface area (Å²) in [5, 5.41) is 11.4. The lowest BCUT2D eigenvalue weighted by molar-refractivity contribution is -0.132. The van der Waals surface area contributed by atoms with Crippen molar-refractivity contribution in [2.75, 3.05) is 19.1 Å². The molecule has 1 aliphatic rings. The third-order valence-corrected chi connectivity index (χ3v) is 6.85. The van der Waals surface area contributed by atoms with E-state index < -0.39 is 35.3 Å². The lowest BCUT2D eigenvalue weighted by Gasteiger charge is -2.23. The van der Waals surface area contributed by atoms with Crippen LogP contribution in [0.5, 0.6) is 5.75 Å². The van der Waals surface area contributed by atoms with Crippen molar-refractivity contribution in [2.24, 2.45) is 0 Å². The minimum Gasteiger partial charge on any atom is -0.507 e. The van der Waals surface area contributed by atoms with E-state index in [4.69, 9.17) is 21.1 Å². The summed E-state index contributed by atoms with van der Waals surface area (Å²) < 4.78 is 23.6. The highest BCUT2D eigenvalue weighted by Gasteiger charge is 2.48. The van der Waals surface area contributed by atoms with Crippen LogP contribution >= 0.6 is 22.9 Å². The second-order valence-corrected chi connectivity index (χ2v) is 8.86. The van der Waals surface area contributed by atoms with Crippen LogP contribution in [-0.2, 0) is 14.3 Å². The summed E-state index contributed by atoms with van der Waals surface area (Å²) in [4.78, 5) is 44.0. The molecule has 2 heterocycles. The molecule has 8 nitrogen and oxygen atoms in total. The summed E-state index contributed by atoms with van der Waals surface area (Å²) in [6.45, 7) is 1.56. The molecular weight excluding hydrogens is 499 g/mol. The highest BCUT2D eigenvalue weighted by atomic mass is 35.5. The zero-order chi connectivity index (χ0) is 25.4. The van der Waals surface area contributed by atoms with Gasteiger partial charge in [0.05, 0.1) is 36.6 Å². The van der Waals surface area contributed by atoms with E-state index in [1.165, 1.54) is 56.7 Å². The van der Waals surface area contributed by atoms with E-state index in [1.54, 1.807) is 6.92 Å². The summed E-state index contributed by atoms with van der Waals surface area (Å²) >= 11 is 7.05. The largest absolute Gasteiger partial charge is 0.507 e. The molecule has 0 radical (unpaired) electrons. The number of anilines is 1. The number of carbonyl (C=O) groups excluding carboxylic acids is 3. The van der Waals surface area contributed by atoms with Gasteiger partial charge in [0, 0.05) is 5.56 Å². The molecule has 180 valence electrons. The van der Waals surface area contributed by atoms with Gasteiger partial charge in [-0.25, -0.2) is 14.2 Å². The first-order valence-corrected chi connectivity index (χ1v) is 11.3. The number of nitrogens with zero attached hydrogens (tertiary/aromatic N) is 2. The molecule has 1 unspecified atom stereocenters. The number of aryl methyl sites for hydroxylation is 1. The van der Waals surface area contributed by atoms with Gasteiger partial charge >= 0.3 is 11.9 Å². The molecule has 1 aromatic heterocycles. The summed E-state index contributed by atoms with van der Waals surface area (Å²) in [7, 11) is 2.64. The average molecular weight is 517 g/mol. The Morgan fingerprint density at radius 3 is 2.46 bits per heavy atom. The van der Waals surface area contributed by atoms with Crippen molar-refractivity contribution < 1.29 is 33.4 Å². The van der Waals surface area contributed by atoms with Gasteiger partial charge in [-0.3, -0.25) is 14.5 Å². The fourth-order valence-corrected chi connectivity index (χ4v) is 5.00. The minimum absolute atomic E-state index is 0.0474. The third kappa shape index (κ3) is 4.26. The first-order valence-electron chi connectivity index (χ1n) is 10.1. The van der Waals surface area contributed by atoms with Crippen LogP contribution in [0.15, 0.2) is 48.0 Å². The maximum absolute atomic E-state index is 13.7. The molecule has 1 fully saturated rings. The fraction of sp³-hybridized carbons (Fsp3) is 0.167. The second-order valence-electron chi connectivity index (χ2n) is 7.47. The Morgan fingerprint density at radius 1 is 1.17 bits per heavy atom. The summed E-state index contributed by atoms with van der Waals surface area (Å²) in [5.41, 5.74) is 0.583. The van der Waals surface area contributed by atoms with E-state index in [-0.39, 0.29) is 26.2 Å². The molecule has 35 heavy (non-hydrogen) atoms. The molecule has 1 N–H and O–H groups in total. The number of ether oxygens (including phenoxy) is 2. The normalized spacial score (nSPS) is 17.1. The molecule has 1 amide bonds. The first-order chi connectivity index (χ1) is 16.7. The predicted molar refractivity (Wildman–Crippen MR) is 127 cm³/mol. The van der Waals surface area contributed by atoms with Gasteiger partial charge in [0.15, 0.2) is 5.13 Å². The Hall–Kier alpha value is -3.76. The van der Waals surface area contributed by atoms with Gasteiger partial charge < -0.3 is 14.6 Å². The number of Topliss-reactive ketones (excluding diaryl/α,β-unsaturated/α-hetero) is 1. The van der Waals surface area contributed by atoms with Gasteiger partial charge in [-0.15, -0.1) is 0 Å². The average Bonchev–Trinajstić information content (AvgIpc) is 3.35. The lowest BCUT2D eigenvalue weighted by atomic mass is 9.95. The highest BCUT2D eigenvalue weighted by Crippen LogP contribution is 2.44. The number of benzene rings is 2. The van der Waals surface area contributed by atoms with Crippen molar-refractivity contribution in [1.82, 2.24) is 4.98 Å². The van der Waals surface area contributed by atoms with E-state index in [0.29, 0.717) is 17.0 Å². The highest BCUT2D eigenvalue weighted by molar-refractivity contribution is 7.17. The van der Waals surface area contributed by atoms with Crippen molar-refractivity contribution in [2.45, 2.75) is 13.0 Å². The minimum atomic E-state index is -1.15. The van der Waals surface area contributed by atoms with Gasteiger partial charge in [-0.05, 0) is 42.8 Å². The van der Waals surface area contributed by atoms with Gasteiger partial charge in [-0.1, -0.05) is 35.1 Å². The smallest absolute Gasteiger partial charge is 0.350 e. The van der Waals surface area contributed by atoms with E-state index in [2.05, 4.69) is 4.98 Å². The molecule has 3 aromatic rings. The molecule has 4 rings (SSSR count). The number of thiazole rings is 1. The molecule has 1 aliphatic heterocycles. The Balaban J connectivity index is 1.93. The number of aliphatic hydroxyl groups excluding tert-OH is 1. The molecule has 0 bridgehead atoms. The fourth-order valence-electron chi connectivity index (χ4n) is 3.73. The van der Waals surface area contributed by atoms with Crippen LogP contribution in [0.25, 0.3) is 5.76 Å². The van der Waals surface area contributed by atoms with E-state index in [0.717, 1.165) is 16.2 Å². The zero-order valence-electron chi connectivity index (χ0n) is 18.7. The van der Waals surface area contributed by atoms with Crippen LogP contribution in [-0.4, -0.2) is 42.0 Å². The molecular formula is C24H18ClFN2O6S. The monoisotopic (exact) mass is 516 g/mol. The SMILES string of the molecule is COC(=O)c1sc(N2C(=O)C(=O)/C(=C(/O)c3ccc(OC)c(Cl)c3)C2c2ccc(F)cc2)nc1C. The molecule has 0 aliphatic carbocycles. The number of methoxy groups -OCH3 is 2. The number of hydrogen-bond acceptors (Lipinski definition) is 8. The zero-order valence-corrected chi connectivity index (χ0v) is 20.2. The topological polar surface area (TPSA) is 106 Å². The molecule has 0 saturated carbocycles. The van der Waals surface area contributed by atoms with Crippen LogP contribution in [0, 0.1) is 12.7 Å². The number of hydrogen-bond donors (Lipinski definition) is 1. The number of carbonyl (C=O) groups is 3. The van der Waals surface area contributed by atoms with E-state index in [9.17, 15) is 23.9 Å². The van der Waals surface area contributed by atoms with Gasteiger partial charge in [0.25, 0.3) is 5.78 Å². The number of aromatic nitrogens is 1. The van der Waals surface area contributed by atoms with Crippen molar-refractivity contribution >= 4 is 51.5 Å². The van der Waals surface area contributed by atoms with Crippen LogP contribution < -0.4 is 9.64 Å². The van der Waals surface area contributed by atoms with Crippen LogP contribution in [0.3, 0.4) is 0 Å². The summed E-state index contributed by atoms with van der Waals surface area (Å²) in [6, 6.07) is 8.38. The predicted octanol–water partition coefficient (Wildman–Crippen LogP) is 4.67. The lowest BCUT2D eigenvalue weighted by Crippen LogP contribution is -2.29. The van der Waals surface area contributed by atoms with Gasteiger partial charge in [0.1, 0.15) is 22.2 Å². The Kier molecular flexibility index (Phi) is 6.60. The number of ketones is 1. The molecule has 1 atom stereocenters. The van der Waals surface area contributed by atoms with Gasteiger partial charge in [0.2, 0.25) is 0 Å². The van der Waals surface area contributed by atoms with Crippen LogP contribution in [0.1, 0.15) is 32.5 Å². The Bertz CT molecular complexity index is 1390. The third-order valence-electron chi connectivity index (χ3n) is 5.42. The van der Waals surface area contributed by atoms with Crippen LogP contribution in [0.4, 0.5) is 9.52 Å². The van der Waals surface area contributed by atoms with Crippen molar-refractivity contribution in [1.29, 1.82) is 0 Å². The quantitative estimate of drug-likeness (QED) is 0.227. The van der Waals surface area contributed by atoms with Crippen molar-refractivity contribution in [3.63, 3.8) is 0 Å². The molecule has 2 aromatic carbocycles.